The van der Waals surface area contributed by atoms with E-state index in [1.54, 1.807) is 0 Å². The molecular weight excluding hydrogens is 248 g/mol. The van der Waals surface area contributed by atoms with Gasteiger partial charge in [-0.2, -0.15) is 0 Å². The fourth-order valence-electron chi connectivity index (χ4n) is 2.87. The molecule has 1 aliphatic rings. The monoisotopic (exact) mass is 282 g/mol. The molecule has 20 heavy (non-hydrogen) atoms. The number of carbonyl (C=O) groups excluding carboxylic acids is 1. The molecule has 3 heteroatoms. The number of rotatable bonds is 10. The Morgan fingerprint density at radius 2 is 1.20 bits per heavy atom. The summed E-state index contributed by atoms with van der Waals surface area (Å²) in [7, 11) is 0. The molecule has 0 aromatic carbocycles. The van der Waals surface area contributed by atoms with E-state index >= 15 is 0 Å². The molecule has 0 unspecified atom stereocenters. The Bertz CT molecular complexity index is 231. The number of hydrogen-bond acceptors (Lipinski definition) is 1. The second kappa shape index (κ2) is 11.0. The van der Waals surface area contributed by atoms with E-state index < -0.39 is 0 Å². The van der Waals surface area contributed by atoms with Gasteiger partial charge in [0.2, 0.25) is 0 Å². The molecule has 0 aliphatic carbocycles. The van der Waals surface area contributed by atoms with E-state index in [0.29, 0.717) is 6.03 Å². The smallest absolute Gasteiger partial charge is 0.319 e. The van der Waals surface area contributed by atoms with Crippen molar-refractivity contribution in [1.82, 2.24) is 9.80 Å². The van der Waals surface area contributed by atoms with Gasteiger partial charge in [0.15, 0.2) is 0 Å². The number of unbranched alkanes of at least 4 members (excludes halogenated alkanes) is 6. The summed E-state index contributed by atoms with van der Waals surface area (Å²) in [5.74, 6) is 0. The number of nitrogens with zero attached hydrogens (tertiary/aromatic N) is 2. The normalized spacial score (nSPS) is 16.6. The minimum atomic E-state index is 0.301. The summed E-state index contributed by atoms with van der Waals surface area (Å²) in [5, 5.41) is 0. The molecule has 0 aromatic rings. The maximum atomic E-state index is 12.5. The average molecular weight is 282 g/mol. The maximum Gasteiger partial charge on any atom is 0.319 e. The Balaban J connectivity index is 2.32. The van der Waals surface area contributed by atoms with Crippen molar-refractivity contribution in [2.45, 2.75) is 78.1 Å². The first-order valence-electron chi connectivity index (χ1n) is 8.83. The van der Waals surface area contributed by atoms with Crippen LogP contribution in [0.4, 0.5) is 4.79 Å². The van der Waals surface area contributed by atoms with Crippen molar-refractivity contribution < 1.29 is 4.79 Å². The van der Waals surface area contributed by atoms with Crippen LogP contribution >= 0.6 is 0 Å². The van der Waals surface area contributed by atoms with Gasteiger partial charge in [-0.1, -0.05) is 52.4 Å². The van der Waals surface area contributed by atoms with E-state index in [0.717, 1.165) is 26.2 Å². The largest absolute Gasteiger partial charge is 0.325 e. The highest BCUT2D eigenvalue weighted by Gasteiger charge is 2.22. The molecule has 1 aliphatic heterocycles. The van der Waals surface area contributed by atoms with Gasteiger partial charge in [0.1, 0.15) is 0 Å². The van der Waals surface area contributed by atoms with E-state index in [1.807, 2.05) is 0 Å². The van der Waals surface area contributed by atoms with Crippen LogP contribution in [0, 0.1) is 0 Å². The molecule has 0 atom stereocenters. The zero-order valence-corrected chi connectivity index (χ0v) is 13.7. The Morgan fingerprint density at radius 1 is 0.750 bits per heavy atom. The molecule has 0 saturated carbocycles. The van der Waals surface area contributed by atoms with E-state index in [4.69, 9.17) is 0 Å². The Labute approximate surface area is 125 Å². The first kappa shape index (κ1) is 17.3. The van der Waals surface area contributed by atoms with Gasteiger partial charge in [0.25, 0.3) is 0 Å². The lowest BCUT2D eigenvalue weighted by Crippen LogP contribution is -2.42. The lowest BCUT2D eigenvalue weighted by molar-refractivity contribution is 0.161. The molecule has 0 radical (unpaired) electrons. The van der Waals surface area contributed by atoms with Gasteiger partial charge >= 0.3 is 6.03 Å². The lowest BCUT2D eigenvalue weighted by Gasteiger charge is -2.27. The van der Waals surface area contributed by atoms with Crippen LogP contribution in [0.15, 0.2) is 0 Å². The highest BCUT2D eigenvalue weighted by atomic mass is 16.2. The molecule has 3 nitrogen and oxygen atoms in total. The highest BCUT2D eigenvalue weighted by Crippen LogP contribution is 2.13. The summed E-state index contributed by atoms with van der Waals surface area (Å²) < 4.78 is 0. The third-order valence-electron chi connectivity index (χ3n) is 4.21. The predicted octanol–water partition coefficient (Wildman–Crippen LogP) is 4.66. The van der Waals surface area contributed by atoms with Crippen LogP contribution in [0.2, 0.25) is 0 Å². The summed E-state index contributed by atoms with van der Waals surface area (Å²) in [6.45, 7) is 8.33. The molecule has 1 fully saturated rings. The Morgan fingerprint density at radius 3 is 1.60 bits per heavy atom. The van der Waals surface area contributed by atoms with E-state index in [-0.39, 0.29) is 0 Å². The molecule has 0 spiro atoms. The van der Waals surface area contributed by atoms with Gasteiger partial charge in [-0.05, 0) is 25.7 Å². The Hall–Kier alpha value is -0.730. The van der Waals surface area contributed by atoms with Crippen molar-refractivity contribution >= 4 is 6.03 Å². The fourth-order valence-corrected chi connectivity index (χ4v) is 2.87. The van der Waals surface area contributed by atoms with Crippen LogP contribution in [0.25, 0.3) is 0 Å². The summed E-state index contributed by atoms with van der Waals surface area (Å²) in [4.78, 5) is 16.7. The average Bonchev–Trinajstić information content (AvgIpc) is 2.63. The van der Waals surface area contributed by atoms with E-state index in [9.17, 15) is 4.79 Å². The number of carbonyl (C=O) groups is 1. The van der Waals surface area contributed by atoms with Crippen molar-refractivity contribution in [1.29, 1.82) is 0 Å². The first-order chi connectivity index (χ1) is 9.79. The molecule has 1 rings (SSSR count). The van der Waals surface area contributed by atoms with Gasteiger partial charge in [-0.3, -0.25) is 0 Å². The van der Waals surface area contributed by atoms with Crippen molar-refractivity contribution in [3.63, 3.8) is 0 Å². The van der Waals surface area contributed by atoms with Crippen LogP contribution in [0.5, 0.6) is 0 Å². The maximum absolute atomic E-state index is 12.5. The second-order valence-corrected chi connectivity index (χ2v) is 6.09. The van der Waals surface area contributed by atoms with Crippen LogP contribution in [0.3, 0.4) is 0 Å². The minimum absolute atomic E-state index is 0.301. The number of hydrogen-bond donors (Lipinski definition) is 0. The zero-order valence-electron chi connectivity index (χ0n) is 13.7. The van der Waals surface area contributed by atoms with Crippen molar-refractivity contribution in [2.75, 3.05) is 26.2 Å². The van der Waals surface area contributed by atoms with Gasteiger partial charge in [0.05, 0.1) is 0 Å². The third-order valence-corrected chi connectivity index (χ3v) is 4.21. The summed E-state index contributed by atoms with van der Waals surface area (Å²) >= 11 is 0. The molecule has 118 valence electrons. The Kier molecular flexibility index (Phi) is 9.52. The number of amides is 2. The molecule has 1 heterocycles. The molecule has 0 aromatic heterocycles. The van der Waals surface area contributed by atoms with Gasteiger partial charge in [-0.15, -0.1) is 0 Å². The minimum Gasteiger partial charge on any atom is -0.325 e. The van der Waals surface area contributed by atoms with Crippen molar-refractivity contribution in [2.24, 2.45) is 0 Å². The summed E-state index contributed by atoms with van der Waals surface area (Å²) in [6.07, 6.45) is 12.3. The third kappa shape index (κ3) is 6.62. The summed E-state index contributed by atoms with van der Waals surface area (Å²) in [5.41, 5.74) is 0. The van der Waals surface area contributed by atoms with Crippen LogP contribution < -0.4 is 0 Å². The second-order valence-electron chi connectivity index (χ2n) is 6.09. The topological polar surface area (TPSA) is 23.6 Å². The number of urea groups is 1. The SMILES string of the molecule is CCCCCCN1CCCCN(CCCCCC)C1=O. The molecule has 2 amide bonds. The van der Waals surface area contributed by atoms with E-state index in [2.05, 4.69) is 23.6 Å². The molecular formula is C17H34N2O. The van der Waals surface area contributed by atoms with E-state index in [1.165, 1.54) is 64.2 Å². The first-order valence-corrected chi connectivity index (χ1v) is 8.83. The van der Waals surface area contributed by atoms with Gasteiger partial charge < -0.3 is 9.80 Å². The van der Waals surface area contributed by atoms with Crippen molar-refractivity contribution in [3.05, 3.63) is 0 Å². The quantitative estimate of drug-likeness (QED) is 0.534. The van der Waals surface area contributed by atoms with Crippen LogP contribution in [0.1, 0.15) is 78.1 Å². The lowest BCUT2D eigenvalue weighted by atomic mass is 10.2. The fraction of sp³-hybridized carbons (Fsp3) is 0.941. The summed E-state index contributed by atoms with van der Waals surface area (Å²) in [6, 6.07) is 0.301. The zero-order chi connectivity index (χ0) is 14.6. The van der Waals surface area contributed by atoms with Gasteiger partial charge in [-0.25, -0.2) is 4.79 Å². The molecule has 1 saturated heterocycles. The standard InChI is InChI=1S/C17H34N2O/c1-3-5-7-9-13-18-15-11-12-16-19(17(18)20)14-10-8-6-4-2/h3-16H2,1-2H3. The van der Waals surface area contributed by atoms with Crippen LogP contribution in [-0.2, 0) is 0 Å². The van der Waals surface area contributed by atoms with Crippen LogP contribution in [-0.4, -0.2) is 42.0 Å². The molecule has 0 N–H and O–H groups in total. The van der Waals surface area contributed by atoms with Crippen molar-refractivity contribution in [3.8, 4) is 0 Å². The highest BCUT2D eigenvalue weighted by molar-refractivity contribution is 5.74. The van der Waals surface area contributed by atoms with Gasteiger partial charge in [0, 0.05) is 26.2 Å². The predicted molar refractivity (Wildman–Crippen MR) is 86.1 cm³/mol. The molecule has 0 bridgehead atoms.